The number of hydrazone groups is 1. The molecule has 4 nitrogen and oxygen atoms in total. The number of halogens is 1. The van der Waals surface area contributed by atoms with Gasteiger partial charge in [0, 0.05) is 37.4 Å². The molecule has 0 radical (unpaired) electrons. The summed E-state index contributed by atoms with van der Waals surface area (Å²) in [5.74, 6) is 0. The third-order valence-corrected chi connectivity index (χ3v) is 2.63. The average molecular weight is 285 g/mol. The minimum absolute atomic E-state index is 0.497. The summed E-state index contributed by atoms with van der Waals surface area (Å²) in [7, 11) is 3.75. The second-order valence-electron chi connectivity index (χ2n) is 4.13. The molecule has 0 spiro atoms. The van der Waals surface area contributed by atoms with Gasteiger partial charge in [-0.05, 0) is 19.1 Å². The van der Waals surface area contributed by atoms with E-state index in [1.165, 1.54) is 0 Å². The van der Waals surface area contributed by atoms with Crippen molar-refractivity contribution < 1.29 is 0 Å². The number of nitrogens with zero attached hydrogens (tertiary/aromatic N) is 3. The summed E-state index contributed by atoms with van der Waals surface area (Å²) in [6.07, 6.45) is 4.20. The maximum atomic E-state index is 6.20. The summed E-state index contributed by atoms with van der Waals surface area (Å²) in [6, 6.07) is 3.82. The van der Waals surface area contributed by atoms with Crippen LogP contribution in [0.4, 0.5) is 0 Å². The normalized spacial score (nSPS) is 15.1. The minimum atomic E-state index is -0.497. The molecule has 0 fully saturated rings. The third-order valence-electron chi connectivity index (χ3n) is 2.14. The molecule has 2 N–H and O–H groups in total. The van der Waals surface area contributed by atoms with Crippen molar-refractivity contribution in [2.75, 3.05) is 14.1 Å². The van der Waals surface area contributed by atoms with Crippen LogP contribution < -0.4 is 5.73 Å². The number of pyridine rings is 1. The van der Waals surface area contributed by atoms with Crippen molar-refractivity contribution in [1.29, 1.82) is 0 Å². The van der Waals surface area contributed by atoms with E-state index >= 15 is 0 Å². The first kappa shape index (κ1) is 13.1. The van der Waals surface area contributed by atoms with Gasteiger partial charge in [0.2, 0.25) is 0 Å². The maximum absolute atomic E-state index is 6.20. The highest BCUT2D eigenvalue weighted by Crippen LogP contribution is 2.21. The first-order valence-electron chi connectivity index (χ1n) is 5.02. The standard InChI is InChI=1S/C11H17BrN4/c1-11(13,5-7-15-16(2)3)10-8-9(12)4-6-14-10/h4,6-8H,5,13H2,1-3H3/b15-7-/t11-/m0/s1. The second-order valence-corrected chi connectivity index (χ2v) is 5.04. The van der Waals surface area contributed by atoms with Crippen molar-refractivity contribution in [3.05, 3.63) is 28.5 Å². The molecule has 16 heavy (non-hydrogen) atoms. The number of nitrogens with two attached hydrogens (primary N) is 1. The van der Waals surface area contributed by atoms with Gasteiger partial charge in [0.25, 0.3) is 0 Å². The molecule has 0 saturated carbocycles. The summed E-state index contributed by atoms with van der Waals surface area (Å²) in [5, 5.41) is 5.89. The summed E-state index contributed by atoms with van der Waals surface area (Å²) >= 11 is 3.41. The lowest BCUT2D eigenvalue weighted by Crippen LogP contribution is -2.34. The Balaban J connectivity index is 2.77. The van der Waals surface area contributed by atoms with Crippen molar-refractivity contribution in [3.63, 3.8) is 0 Å². The van der Waals surface area contributed by atoms with E-state index in [1.807, 2.05) is 39.4 Å². The molecule has 0 aliphatic rings. The van der Waals surface area contributed by atoms with Crippen LogP contribution in [0.3, 0.4) is 0 Å². The number of rotatable bonds is 4. The van der Waals surface area contributed by atoms with E-state index in [0.717, 1.165) is 10.2 Å². The highest BCUT2D eigenvalue weighted by Gasteiger charge is 2.21. The lowest BCUT2D eigenvalue weighted by atomic mass is 9.95. The smallest absolute Gasteiger partial charge is 0.0614 e. The first-order valence-corrected chi connectivity index (χ1v) is 5.82. The van der Waals surface area contributed by atoms with E-state index in [-0.39, 0.29) is 0 Å². The van der Waals surface area contributed by atoms with Crippen molar-refractivity contribution in [2.45, 2.75) is 18.9 Å². The third kappa shape index (κ3) is 3.90. The predicted octanol–water partition coefficient (Wildman–Crippen LogP) is 1.96. The van der Waals surface area contributed by atoms with Gasteiger partial charge in [-0.15, -0.1) is 0 Å². The van der Waals surface area contributed by atoms with Gasteiger partial charge in [0.15, 0.2) is 0 Å². The number of hydrogen-bond acceptors (Lipinski definition) is 4. The van der Waals surface area contributed by atoms with Gasteiger partial charge in [-0.3, -0.25) is 4.98 Å². The zero-order valence-corrected chi connectivity index (χ0v) is 11.4. The van der Waals surface area contributed by atoms with E-state index in [9.17, 15) is 0 Å². The van der Waals surface area contributed by atoms with E-state index < -0.39 is 5.54 Å². The molecule has 0 unspecified atom stereocenters. The fraction of sp³-hybridized carbons (Fsp3) is 0.455. The molecule has 1 aromatic rings. The van der Waals surface area contributed by atoms with Gasteiger partial charge in [-0.25, -0.2) is 0 Å². The van der Waals surface area contributed by atoms with E-state index in [4.69, 9.17) is 5.73 Å². The Morgan fingerprint density at radius 3 is 2.88 bits per heavy atom. The van der Waals surface area contributed by atoms with Crippen LogP contribution in [-0.2, 0) is 5.54 Å². The minimum Gasteiger partial charge on any atom is -0.320 e. The quantitative estimate of drug-likeness (QED) is 0.679. The van der Waals surface area contributed by atoms with Crippen LogP contribution in [0.5, 0.6) is 0 Å². The van der Waals surface area contributed by atoms with Gasteiger partial charge in [0.1, 0.15) is 0 Å². The van der Waals surface area contributed by atoms with E-state index in [1.54, 1.807) is 11.2 Å². The first-order chi connectivity index (χ1) is 7.42. The Kier molecular flexibility index (Phi) is 4.44. The maximum Gasteiger partial charge on any atom is 0.0614 e. The largest absolute Gasteiger partial charge is 0.320 e. The van der Waals surface area contributed by atoms with Gasteiger partial charge in [0.05, 0.1) is 11.2 Å². The van der Waals surface area contributed by atoms with Crippen LogP contribution in [0.1, 0.15) is 19.0 Å². The molecule has 88 valence electrons. The molecular formula is C11H17BrN4. The molecule has 1 atom stereocenters. The molecular weight excluding hydrogens is 268 g/mol. The molecule has 1 heterocycles. The lowest BCUT2D eigenvalue weighted by molar-refractivity contribution is 0.432. The highest BCUT2D eigenvalue weighted by atomic mass is 79.9. The predicted molar refractivity (Wildman–Crippen MR) is 70.3 cm³/mol. The fourth-order valence-electron chi connectivity index (χ4n) is 1.22. The van der Waals surface area contributed by atoms with Crippen LogP contribution >= 0.6 is 15.9 Å². The monoisotopic (exact) mass is 284 g/mol. The molecule has 1 rings (SSSR count). The highest BCUT2D eigenvalue weighted by molar-refractivity contribution is 9.10. The Hall–Kier alpha value is -0.940. The molecule has 5 heteroatoms. The zero-order valence-electron chi connectivity index (χ0n) is 9.81. The molecule has 0 bridgehead atoms. The Bertz CT molecular complexity index is 374. The number of aromatic nitrogens is 1. The van der Waals surface area contributed by atoms with Crippen LogP contribution in [0.15, 0.2) is 27.9 Å². The van der Waals surface area contributed by atoms with Gasteiger partial charge in [-0.2, -0.15) is 5.10 Å². The van der Waals surface area contributed by atoms with Crippen LogP contribution in [0.25, 0.3) is 0 Å². The molecule has 0 amide bonds. The van der Waals surface area contributed by atoms with Gasteiger partial charge < -0.3 is 10.7 Å². The summed E-state index contributed by atoms with van der Waals surface area (Å²) < 4.78 is 0.985. The molecule has 0 aromatic carbocycles. The van der Waals surface area contributed by atoms with Crippen LogP contribution in [-0.4, -0.2) is 30.3 Å². The lowest BCUT2D eigenvalue weighted by Gasteiger charge is -2.22. The average Bonchev–Trinajstić information content (AvgIpc) is 2.16. The fourth-order valence-corrected chi connectivity index (χ4v) is 1.55. The summed E-state index contributed by atoms with van der Waals surface area (Å²) in [6.45, 7) is 1.95. The summed E-state index contributed by atoms with van der Waals surface area (Å²) in [4.78, 5) is 4.28. The van der Waals surface area contributed by atoms with E-state index in [2.05, 4.69) is 26.0 Å². The zero-order chi connectivity index (χ0) is 12.2. The topological polar surface area (TPSA) is 54.5 Å². The molecule has 0 aliphatic carbocycles. The van der Waals surface area contributed by atoms with Crippen LogP contribution in [0, 0.1) is 0 Å². The van der Waals surface area contributed by atoms with Crippen molar-refractivity contribution in [2.24, 2.45) is 10.8 Å². The van der Waals surface area contributed by atoms with Gasteiger partial charge in [-0.1, -0.05) is 15.9 Å². The van der Waals surface area contributed by atoms with Crippen molar-refractivity contribution in [1.82, 2.24) is 9.99 Å². The number of hydrogen-bond donors (Lipinski definition) is 1. The Morgan fingerprint density at radius 1 is 1.62 bits per heavy atom. The molecule has 0 saturated heterocycles. The molecule has 0 aliphatic heterocycles. The molecule has 1 aromatic heterocycles. The summed E-state index contributed by atoms with van der Waals surface area (Å²) in [5.41, 5.74) is 6.56. The Labute approximate surface area is 105 Å². The SMILES string of the molecule is CN(C)/N=C\C[C@](C)(N)c1cc(Br)ccn1. The Morgan fingerprint density at radius 2 is 2.31 bits per heavy atom. The van der Waals surface area contributed by atoms with E-state index in [0.29, 0.717) is 6.42 Å². The second kappa shape index (κ2) is 5.41. The van der Waals surface area contributed by atoms with Crippen molar-refractivity contribution in [3.8, 4) is 0 Å². The van der Waals surface area contributed by atoms with Crippen LogP contribution in [0.2, 0.25) is 0 Å². The van der Waals surface area contributed by atoms with Gasteiger partial charge >= 0.3 is 0 Å². The van der Waals surface area contributed by atoms with Crippen molar-refractivity contribution >= 4 is 22.1 Å².